The van der Waals surface area contributed by atoms with Crippen molar-refractivity contribution in [1.82, 2.24) is 10.6 Å². The second kappa shape index (κ2) is 16.9. The molecule has 6 rings (SSSR count). The molecule has 0 aliphatic heterocycles. The van der Waals surface area contributed by atoms with Gasteiger partial charge in [0.2, 0.25) is 0 Å². The van der Waals surface area contributed by atoms with Crippen LogP contribution in [-0.2, 0) is 32.0 Å². The summed E-state index contributed by atoms with van der Waals surface area (Å²) in [6, 6.07) is 18.3. The Bertz CT molecular complexity index is 2280. The summed E-state index contributed by atoms with van der Waals surface area (Å²) in [5, 5.41) is 16.4. The molecule has 0 spiro atoms. The topological polar surface area (TPSA) is 165 Å². The van der Waals surface area contributed by atoms with Gasteiger partial charge in [0.1, 0.15) is 40.1 Å². The van der Waals surface area contributed by atoms with E-state index in [-0.39, 0.29) is 47.7 Å². The molecule has 0 unspecified atom stereocenters. The number of benzene rings is 4. The minimum absolute atomic E-state index is 0.111. The number of aryl methyl sites for hydroxylation is 2. The Morgan fingerprint density at radius 2 is 1.17 bits per heavy atom. The lowest BCUT2D eigenvalue weighted by Gasteiger charge is -2.05. The first-order valence-electron chi connectivity index (χ1n) is 15.8. The number of phenolic OH excluding ortho intramolecular Hbond substituents is 1. The van der Waals surface area contributed by atoms with Gasteiger partial charge in [-0.25, -0.2) is 8.78 Å². The van der Waals surface area contributed by atoms with Crippen LogP contribution < -0.4 is 10.6 Å². The fourth-order valence-corrected chi connectivity index (χ4v) is 5.48. The quantitative estimate of drug-likeness (QED) is 0.149. The van der Waals surface area contributed by atoms with Gasteiger partial charge in [-0.05, 0) is 103 Å². The van der Waals surface area contributed by atoms with Gasteiger partial charge in [0.25, 0.3) is 11.8 Å². The maximum absolute atomic E-state index is 13.2. The second-order valence-electron chi connectivity index (χ2n) is 11.2. The number of hydrogen-bond donors (Lipinski definition) is 3. The summed E-state index contributed by atoms with van der Waals surface area (Å²) in [6.07, 6.45) is 1.00. The van der Waals surface area contributed by atoms with Crippen molar-refractivity contribution in [2.24, 2.45) is 0 Å². The maximum Gasteiger partial charge on any atom is 0.373 e. The van der Waals surface area contributed by atoms with Crippen LogP contribution >= 0.6 is 0 Å². The molecule has 2 amide bonds. The Balaban J connectivity index is 0.000000218. The zero-order valence-corrected chi connectivity index (χ0v) is 28.8. The number of ether oxygens (including phenoxy) is 1. The smallest absolute Gasteiger partial charge is 0.373 e. The third kappa shape index (κ3) is 8.23. The average molecular weight is 713 g/mol. The lowest BCUT2D eigenvalue weighted by Crippen LogP contribution is -2.18. The average Bonchev–Trinajstić information content (AvgIpc) is 3.69. The first kappa shape index (κ1) is 38.2. The summed E-state index contributed by atoms with van der Waals surface area (Å²) < 4.78 is 42.9. The van der Waals surface area contributed by atoms with Crippen molar-refractivity contribution in [2.75, 3.05) is 21.2 Å². The number of methoxy groups -OCH3 is 1. The molecule has 0 aliphatic carbocycles. The van der Waals surface area contributed by atoms with Gasteiger partial charge < -0.3 is 29.3 Å². The number of fused-ring (bicyclic) bond motifs is 2. The molecule has 0 bridgehead atoms. The predicted octanol–water partition coefficient (Wildman–Crippen LogP) is 6.91. The van der Waals surface area contributed by atoms with E-state index in [2.05, 4.69) is 10.6 Å². The van der Waals surface area contributed by atoms with Crippen LogP contribution in [0.25, 0.3) is 44.6 Å². The molecule has 13 heteroatoms. The number of rotatable bonds is 7. The van der Waals surface area contributed by atoms with E-state index in [1.54, 1.807) is 36.4 Å². The van der Waals surface area contributed by atoms with Crippen molar-refractivity contribution in [3.63, 3.8) is 0 Å². The molecule has 11 nitrogen and oxygen atoms in total. The fourth-order valence-electron chi connectivity index (χ4n) is 5.48. The Labute approximate surface area is 296 Å². The number of phenols is 1. The van der Waals surface area contributed by atoms with Gasteiger partial charge in [0.05, 0.1) is 24.7 Å². The summed E-state index contributed by atoms with van der Waals surface area (Å²) in [5.74, 6) is -0.892. The summed E-state index contributed by atoms with van der Waals surface area (Å²) in [6.45, 7) is 3.78. The molecule has 0 saturated heterocycles. The highest BCUT2D eigenvalue weighted by atomic mass is 19.1. The van der Waals surface area contributed by atoms with Crippen LogP contribution in [0.3, 0.4) is 0 Å². The van der Waals surface area contributed by atoms with E-state index in [9.17, 15) is 28.3 Å². The lowest BCUT2D eigenvalue weighted by molar-refractivity contribution is -0.191. The third-order valence-corrected chi connectivity index (χ3v) is 8.10. The van der Waals surface area contributed by atoms with E-state index >= 15 is 0 Å². The number of hydrogen-bond acceptors (Lipinski definition) is 9. The minimum atomic E-state index is -0.373. The molecule has 2 aromatic heterocycles. The van der Waals surface area contributed by atoms with Gasteiger partial charge in [-0.15, -0.1) is 0 Å². The van der Waals surface area contributed by atoms with Crippen molar-refractivity contribution in [3.05, 3.63) is 112 Å². The fraction of sp³-hybridized carbons (Fsp3) is 0.179. The molecule has 3 N–H and O–H groups in total. The van der Waals surface area contributed by atoms with Crippen LogP contribution in [0.4, 0.5) is 8.78 Å². The molecule has 52 heavy (non-hydrogen) atoms. The Kier molecular flexibility index (Phi) is 12.4. The zero-order chi connectivity index (χ0) is 38.1. The van der Waals surface area contributed by atoms with Crippen LogP contribution in [0.2, 0.25) is 0 Å². The third-order valence-electron chi connectivity index (χ3n) is 8.10. The summed E-state index contributed by atoms with van der Waals surface area (Å²) in [7, 11) is 4.39. The Hall–Kier alpha value is -6.59. The molecular formula is C39H34F2N2O9. The van der Waals surface area contributed by atoms with Crippen LogP contribution in [-0.4, -0.2) is 50.2 Å². The normalized spacial score (nSPS) is 10.4. The molecule has 0 saturated carbocycles. The highest BCUT2D eigenvalue weighted by Crippen LogP contribution is 2.38. The van der Waals surface area contributed by atoms with Crippen LogP contribution in [0.15, 0.2) is 81.6 Å². The highest BCUT2D eigenvalue weighted by Gasteiger charge is 2.24. The number of furan rings is 2. The first-order chi connectivity index (χ1) is 24.9. The van der Waals surface area contributed by atoms with Crippen molar-refractivity contribution >= 4 is 45.9 Å². The van der Waals surface area contributed by atoms with Gasteiger partial charge in [0.15, 0.2) is 0 Å². The molecular weight excluding hydrogens is 678 g/mol. The van der Waals surface area contributed by atoms with E-state index in [4.69, 9.17) is 23.2 Å². The van der Waals surface area contributed by atoms with Crippen molar-refractivity contribution < 1.29 is 51.4 Å². The Morgan fingerprint density at radius 3 is 1.58 bits per heavy atom. The molecule has 0 fully saturated rings. The van der Waals surface area contributed by atoms with Gasteiger partial charge in [-0.3, -0.25) is 14.4 Å². The first-order valence-corrected chi connectivity index (χ1v) is 15.8. The molecule has 0 radical (unpaired) electrons. The summed E-state index contributed by atoms with van der Waals surface area (Å²) >= 11 is 0. The van der Waals surface area contributed by atoms with Gasteiger partial charge in [-0.1, -0.05) is 6.92 Å². The summed E-state index contributed by atoms with van der Waals surface area (Å²) in [5.41, 5.74) is 5.22. The number of carbonyl (C=O) groups is 3. The largest absolute Gasteiger partial charge is 0.508 e. The summed E-state index contributed by atoms with van der Waals surface area (Å²) in [4.78, 5) is 52.6. The van der Waals surface area contributed by atoms with Crippen LogP contribution in [0.1, 0.15) is 44.3 Å². The van der Waals surface area contributed by atoms with E-state index in [1.165, 1.54) is 51.5 Å². The lowest BCUT2D eigenvalue weighted by atomic mass is 9.99. The number of nitrogens with one attached hydrogen (secondary N) is 2. The van der Waals surface area contributed by atoms with E-state index in [1.807, 2.05) is 19.9 Å². The molecule has 0 aliphatic rings. The molecule has 2 heterocycles. The van der Waals surface area contributed by atoms with Gasteiger partial charge in [-0.2, -0.15) is 9.59 Å². The van der Waals surface area contributed by atoms with Crippen LogP contribution in [0.5, 0.6) is 5.75 Å². The standard InChI is InChI=1S/C20H18FNO4.C18H16FNO3.CO2/c1-11-8-15-16(9-13(11)10-17(23)25-3)26-19(18(15)20(24)22-2)12-4-6-14(21)7-5-12;1-3-10-8-15-13(9-14(10)21)16(18(22)20-2)17(23-15)11-4-6-12(19)7-5-11;2-1-3/h4-9H,10H2,1-3H3,(H,22,24);4-9,21H,3H2,1-2H3,(H,20,22);. The number of halogens is 2. The van der Waals surface area contributed by atoms with Gasteiger partial charge >= 0.3 is 12.1 Å². The second-order valence-corrected chi connectivity index (χ2v) is 11.2. The van der Waals surface area contributed by atoms with E-state index in [0.717, 1.165) is 16.7 Å². The molecule has 4 aromatic carbocycles. The van der Waals surface area contributed by atoms with Gasteiger partial charge in [0, 0.05) is 36.0 Å². The van der Waals surface area contributed by atoms with E-state index < -0.39 is 0 Å². The number of esters is 1. The predicted molar refractivity (Wildman–Crippen MR) is 187 cm³/mol. The number of carbonyl (C=O) groups excluding carboxylic acids is 5. The Morgan fingerprint density at radius 1 is 0.750 bits per heavy atom. The number of amides is 2. The van der Waals surface area contributed by atoms with Crippen molar-refractivity contribution in [3.8, 4) is 28.4 Å². The van der Waals surface area contributed by atoms with Crippen molar-refractivity contribution in [2.45, 2.75) is 26.7 Å². The molecule has 0 atom stereocenters. The number of aromatic hydroxyl groups is 1. The highest BCUT2D eigenvalue weighted by molar-refractivity contribution is 6.12. The minimum Gasteiger partial charge on any atom is -0.508 e. The monoisotopic (exact) mass is 712 g/mol. The van der Waals surface area contributed by atoms with E-state index in [0.29, 0.717) is 62.1 Å². The molecule has 6 aromatic rings. The van der Waals surface area contributed by atoms with Crippen molar-refractivity contribution in [1.29, 1.82) is 0 Å². The molecule has 268 valence electrons. The zero-order valence-electron chi connectivity index (χ0n) is 28.8. The maximum atomic E-state index is 13.2. The van der Waals surface area contributed by atoms with Crippen LogP contribution in [0, 0.1) is 18.6 Å². The SMILES string of the molecule is CCc1cc2oc(-c3ccc(F)cc3)c(C(=O)NC)c2cc1O.CNC(=O)c1c(-c2ccc(F)cc2)oc2cc(CC(=O)OC)c(C)cc12.O=C=O.